The maximum atomic E-state index is 5.65. The van der Waals surface area contributed by atoms with Gasteiger partial charge in [0.25, 0.3) is 0 Å². The van der Waals surface area contributed by atoms with Gasteiger partial charge >= 0.3 is 0 Å². The highest BCUT2D eigenvalue weighted by Crippen LogP contribution is 2.28. The topological polar surface area (TPSA) is 38.9 Å². The highest BCUT2D eigenvalue weighted by molar-refractivity contribution is 6.17. The molecule has 0 aliphatic heterocycles. The lowest BCUT2D eigenvalue weighted by Gasteiger charge is -2.20. The van der Waals surface area contributed by atoms with Gasteiger partial charge in [0.2, 0.25) is 5.89 Å². The van der Waals surface area contributed by atoms with E-state index < -0.39 is 0 Å². The molecule has 0 saturated carbocycles. The normalized spacial score (nSPS) is 11.7. The van der Waals surface area contributed by atoms with E-state index in [-0.39, 0.29) is 5.41 Å². The smallest absolute Gasteiger partial charge is 0.226 e. The van der Waals surface area contributed by atoms with Crippen molar-refractivity contribution in [1.29, 1.82) is 0 Å². The van der Waals surface area contributed by atoms with Crippen LogP contribution < -0.4 is 0 Å². The van der Waals surface area contributed by atoms with E-state index in [0.29, 0.717) is 11.8 Å². The molecule has 0 spiro atoms. The molecular weight excluding hydrogens is 248 g/mol. The number of alkyl halides is 1. The summed E-state index contributed by atoms with van der Waals surface area (Å²) in [6.07, 6.45) is 1.59. The van der Waals surface area contributed by atoms with Gasteiger partial charge in [-0.25, -0.2) is 0 Å². The summed E-state index contributed by atoms with van der Waals surface area (Å²) in [5.41, 5.74) is 0.930. The summed E-state index contributed by atoms with van der Waals surface area (Å²) in [6.45, 7) is 4.19. The predicted molar refractivity (Wildman–Crippen MR) is 71.9 cm³/mol. The zero-order valence-corrected chi connectivity index (χ0v) is 11.4. The van der Waals surface area contributed by atoms with Gasteiger partial charge < -0.3 is 4.52 Å². The minimum atomic E-state index is -0.246. The third-order valence-corrected chi connectivity index (χ3v) is 3.31. The van der Waals surface area contributed by atoms with Gasteiger partial charge in [-0.05, 0) is 25.8 Å². The molecule has 0 radical (unpaired) electrons. The SMILES string of the molecule is CC(C)(c1ccccc1)c1noc(CCCCl)n1. The number of hydrogen-bond donors (Lipinski definition) is 0. The van der Waals surface area contributed by atoms with Crippen LogP contribution in [0.4, 0.5) is 0 Å². The summed E-state index contributed by atoms with van der Waals surface area (Å²) in [5.74, 6) is 1.99. The van der Waals surface area contributed by atoms with Crippen molar-refractivity contribution >= 4 is 11.6 Å². The van der Waals surface area contributed by atoms with E-state index in [1.54, 1.807) is 0 Å². The zero-order chi connectivity index (χ0) is 13.0. The number of nitrogens with zero attached hydrogens (tertiary/aromatic N) is 2. The molecule has 0 amide bonds. The molecule has 4 heteroatoms. The minimum Gasteiger partial charge on any atom is -0.339 e. The Morgan fingerprint density at radius 3 is 2.61 bits per heavy atom. The summed E-state index contributed by atoms with van der Waals surface area (Å²) in [7, 11) is 0. The maximum absolute atomic E-state index is 5.65. The minimum absolute atomic E-state index is 0.246. The fraction of sp³-hybridized carbons (Fsp3) is 0.429. The van der Waals surface area contributed by atoms with Crippen molar-refractivity contribution in [2.24, 2.45) is 0 Å². The molecule has 0 aliphatic carbocycles. The standard InChI is InChI=1S/C14H17ClN2O/c1-14(2,11-7-4-3-5-8-11)13-16-12(18-17-13)9-6-10-15/h3-5,7-8H,6,9-10H2,1-2H3. The molecular formula is C14H17ClN2O. The van der Waals surface area contributed by atoms with E-state index in [1.165, 1.54) is 5.56 Å². The number of benzene rings is 1. The third kappa shape index (κ3) is 2.72. The van der Waals surface area contributed by atoms with Crippen LogP contribution in [0.2, 0.25) is 0 Å². The van der Waals surface area contributed by atoms with Crippen molar-refractivity contribution in [1.82, 2.24) is 10.1 Å². The van der Waals surface area contributed by atoms with Gasteiger partial charge in [-0.1, -0.05) is 35.5 Å². The Morgan fingerprint density at radius 1 is 1.22 bits per heavy atom. The van der Waals surface area contributed by atoms with Gasteiger partial charge in [0.15, 0.2) is 5.82 Å². The van der Waals surface area contributed by atoms with E-state index in [0.717, 1.165) is 18.7 Å². The highest BCUT2D eigenvalue weighted by atomic mass is 35.5. The summed E-state index contributed by atoms with van der Waals surface area (Å²) in [5, 5.41) is 4.09. The molecule has 0 saturated heterocycles. The van der Waals surface area contributed by atoms with Crippen molar-refractivity contribution in [3.05, 3.63) is 47.6 Å². The fourth-order valence-corrected chi connectivity index (χ4v) is 1.95. The molecule has 2 rings (SSSR count). The van der Waals surface area contributed by atoms with Gasteiger partial charge in [0, 0.05) is 12.3 Å². The molecule has 1 aromatic heterocycles. The maximum Gasteiger partial charge on any atom is 0.226 e. The van der Waals surface area contributed by atoms with E-state index >= 15 is 0 Å². The Balaban J connectivity index is 2.22. The van der Waals surface area contributed by atoms with Crippen LogP contribution in [0.25, 0.3) is 0 Å². The van der Waals surface area contributed by atoms with Crippen LogP contribution in [-0.4, -0.2) is 16.0 Å². The molecule has 2 aromatic rings. The van der Waals surface area contributed by atoms with Gasteiger partial charge in [-0.2, -0.15) is 4.98 Å². The second kappa shape index (κ2) is 5.53. The summed E-state index contributed by atoms with van der Waals surface area (Å²) in [6, 6.07) is 10.2. The Bertz CT molecular complexity index is 494. The molecule has 0 N–H and O–H groups in total. The first-order valence-corrected chi connectivity index (χ1v) is 6.62. The Hall–Kier alpha value is -1.35. The van der Waals surface area contributed by atoms with Crippen molar-refractivity contribution in [3.8, 4) is 0 Å². The van der Waals surface area contributed by atoms with Gasteiger partial charge in [0.1, 0.15) is 0 Å². The van der Waals surface area contributed by atoms with E-state index in [4.69, 9.17) is 16.1 Å². The third-order valence-electron chi connectivity index (χ3n) is 3.05. The molecule has 0 unspecified atom stereocenters. The number of aromatic nitrogens is 2. The van der Waals surface area contributed by atoms with Crippen molar-refractivity contribution in [2.75, 3.05) is 5.88 Å². The van der Waals surface area contributed by atoms with Crippen LogP contribution in [0.1, 0.15) is 37.5 Å². The Morgan fingerprint density at radius 2 is 1.94 bits per heavy atom. The van der Waals surface area contributed by atoms with Gasteiger partial charge in [0.05, 0.1) is 5.41 Å². The predicted octanol–water partition coefficient (Wildman–Crippen LogP) is 3.57. The lowest BCUT2D eigenvalue weighted by molar-refractivity contribution is 0.365. The van der Waals surface area contributed by atoms with Crippen LogP contribution in [-0.2, 0) is 11.8 Å². The van der Waals surface area contributed by atoms with Crippen LogP contribution >= 0.6 is 11.6 Å². The van der Waals surface area contributed by atoms with Crippen LogP contribution in [0, 0.1) is 0 Å². The molecule has 1 heterocycles. The number of aryl methyl sites for hydroxylation is 1. The largest absolute Gasteiger partial charge is 0.339 e. The lowest BCUT2D eigenvalue weighted by atomic mass is 9.84. The van der Waals surface area contributed by atoms with Crippen molar-refractivity contribution in [2.45, 2.75) is 32.1 Å². The average Bonchev–Trinajstić information content (AvgIpc) is 2.87. The number of halogens is 1. The first-order valence-electron chi connectivity index (χ1n) is 6.09. The molecule has 18 heavy (non-hydrogen) atoms. The summed E-state index contributed by atoms with van der Waals surface area (Å²) in [4.78, 5) is 4.46. The second-order valence-electron chi connectivity index (χ2n) is 4.80. The molecule has 1 aromatic carbocycles. The molecule has 0 aliphatic rings. The zero-order valence-electron chi connectivity index (χ0n) is 10.7. The lowest BCUT2D eigenvalue weighted by Crippen LogP contribution is -2.20. The molecule has 96 valence electrons. The summed E-state index contributed by atoms with van der Waals surface area (Å²) < 4.78 is 5.25. The monoisotopic (exact) mass is 264 g/mol. The molecule has 0 atom stereocenters. The Labute approximate surface area is 112 Å². The number of hydrogen-bond acceptors (Lipinski definition) is 3. The van der Waals surface area contributed by atoms with Crippen LogP contribution in [0.5, 0.6) is 0 Å². The van der Waals surface area contributed by atoms with Gasteiger partial charge in [-0.15, -0.1) is 11.6 Å². The van der Waals surface area contributed by atoms with Crippen LogP contribution in [0.3, 0.4) is 0 Å². The van der Waals surface area contributed by atoms with Crippen molar-refractivity contribution in [3.63, 3.8) is 0 Å². The fourth-order valence-electron chi connectivity index (χ4n) is 1.81. The second-order valence-corrected chi connectivity index (χ2v) is 5.17. The molecule has 0 fully saturated rings. The van der Waals surface area contributed by atoms with Crippen LogP contribution in [0.15, 0.2) is 34.9 Å². The Kier molecular flexibility index (Phi) is 4.02. The van der Waals surface area contributed by atoms with E-state index in [2.05, 4.69) is 36.1 Å². The van der Waals surface area contributed by atoms with E-state index in [9.17, 15) is 0 Å². The number of rotatable bonds is 5. The van der Waals surface area contributed by atoms with Gasteiger partial charge in [-0.3, -0.25) is 0 Å². The molecule has 0 bridgehead atoms. The molecule has 3 nitrogen and oxygen atoms in total. The quantitative estimate of drug-likeness (QED) is 0.775. The average molecular weight is 265 g/mol. The highest BCUT2D eigenvalue weighted by Gasteiger charge is 2.28. The van der Waals surface area contributed by atoms with E-state index in [1.807, 2.05) is 18.2 Å². The first kappa shape index (κ1) is 13.1. The first-order chi connectivity index (χ1) is 8.64. The van der Waals surface area contributed by atoms with Crippen molar-refractivity contribution < 1.29 is 4.52 Å². The summed E-state index contributed by atoms with van der Waals surface area (Å²) >= 11 is 5.65.